The summed E-state index contributed by atoms with van der Waals surface area (Å²) in [5, 5.41) is 0.645. The summed E-state index contributed by atoms with van der Waals surface area (Å²) < 4.78 is 13.3. The highest BCUT2D eigenvalue weighted by molar-refractivity contribution is 7.07. The number of furan rings is 1. The van der Waals surface area contributed by atoms with E-state index >= 15 is 0 Å². The quantitative estimate of drug-likeness (QED) is 0.369. The van der Waals surface area contributed by atoms with Crippen LogP contribution in [0.3, 0.4) is 0 Å². The first-order chi connectivity index (χ1) is 17.0. The number of fused-ring (bicyclic) bond motifs is 1. The van der Waals surface area contributed by atoms with Crippen LogP contribution in [0.5, 0.6) is 0 Å². The molecule has 1 aliphatic rings. The number of hydrogen-bond acceptors (Lipinski definition) is 6. The second-order valence-electron chi connectivity index (χ2n) is 7.92. The molecule has 8 heteroatoms. The van der Waals surface area contributed by atoms with E-state index in [2.05, 4.69) is 4.99 Å². The lowest BCUT2D eigenvalue weighted by Crippen LogP contribution is -2.39. The highest BCUT2D eigenvalue weighted by atomic mass is 35.5. The highest BCUT2D eigenvalue weighted by Crippen LogP contribution is 2.30. The van der Waals surface area contributed by atoms with E-state index in [9.17, 15) is 9.59 Å². The fourth-order valence-corrected chi connectivity index (χ4v) is 5.22. The van der Waals surface area contributed by atoms with Crippen LogP contribution >= 0.6 is 22.9 Å². The van der Waals surface area contributed by atoms with Gasteiger partial charge in [-0.2, -0.15) is 0 Å². The number of carbonyl (C=O) groups is 1. The van der Waals surface area contributed by atoms with Crippen LogP contribution in [0.2, 0.25) is 5.02 Å². The molecule has 3 heterocycles. The molecule has 0 radical (unpaired) electrons. The van der Waals surface area contributed by atoms with E-state index in [-0.39, 0.29) is 12.2 Å². The number of carbonyl (C=O) groups excluding carboxylic acids is 1. The number of benzene rings is 2. The van der Waals surface area contributed by atoms with Gasteiger partial charge in [-0.3, -0.25) is 9.36 Å². The van der Waals surface area contributed by atoms with Crippen LogP contribution in [0.15, 0.2) is 92.2 Å². The van der Waals surface area contributed by atoms with Gasteiger partial charge in [0.05, 0.1) is 28.5 Å². The molecule has 4 aromatic rings. The molecule has 0 bridgehead atoms. The molecule has 1 atom stereocenters. The molecular formula is C27H21ClN2O4S. The first kappa shape index (κ1) is 23.1. The van der Waals surface area contributed by atoms with E-state index in [0.717, 1.165) is 11.1 Å². The fourth-order valence-electron chi connectivity index (χ4n) is 4.07. The molecule has 5 rings (SSSR count). The Hall–Kier alpha value is -3.68. The summed E-state index contributed by atoms with van der Waals surface area (Å²) in [6, 6.07) is 19.8. The lowest BCUT2D eigenvalue weighted by atomic mass is 9.96. The van der Waals surface area contributed by atoms with Gasteiger partial charge >= 0.3 is 5.97 Å². The maximum Gasteiger partial charge on any atom is 0.338 e. The number of allylic oxidation sites excluding steroid dienone is 1. The number of thiazole rings is 1. The van der Waals surface area contributed by atoms with Gasteiger partial charge in [0.15, 0.2) is 4.80 Å². The Bertz CT molecular complexity index is 1610. The molecule has 2 aromatic carbocycles. The summed E-state index contributed by atoms with van der Waals surface area (Å²) in [6.07, 6.45) is 1.70. The van der Waals surface area contributed by atoms with E-state index in [0.29, 0.717) is 37.1 Å². The number of nitrogens with zero attached hydrogens (tertiary/aromatic N) is 2. The van der Waals surface area contributed by atoms with Gasteiger partial charge < -0.3 is 9.15 Å². The van der Waals surface area contributed by atoms with Gasteiger partial charge in [-0.1, -0.05) is 53.3 Å². The minimum Gasteiger partial charge on any atom is -0.463 e. The molecule has 0 saturated heterocycles. The Balaban J connectivity index is 1.62. The Morgan fingerprint density at radius 1 is 1.14 bits per heavy atom. The third-order valence-corrected chi connectivity index (χ3v) is 6.90. The second kappa shape index (κ2) is 9.52. The van der Waals surface area contributed by atoms with Crippen molar-refractivity contribution in [3.8, 4) is 11.3 Å². The number of ether oxygens (including phenoxy) is 1. The lowest BCUT2D eigenvalue weighted by molar-refractivity contribution is -0.139. The summed E-state index contributed by atoms with van der Waals surface area (Å²) in [5.74, 6) is 0.733. The third kappa shape index (κ3) is 4.40. The third-order valence-electron chi connectivity index (χ3n) is 5.66. The van der Waals surface area contributed by atoms with Crippen LogP contribution in [-0.4, -0.2) is 17.1 Å². The van der Waals surface area contributed by atoms with Gasteiger partial charge in [-0.25, -0.2) is 9.79 Å². The van der Waals surface area contributed by atoms with Crippen molar-refractivity contribution in [2.24, 2.45) is 4.99 Å². The molecule has 0 N–H and O–H groups in total. The van der Waals surface area contributed by atoms with Crippen LogP contribution in [-0.2, 0) is 9.53 Å². The van der Waals surface area contributed by atoms with Gasteiger partial charge in [-0.05, 0) is 55.8 Å². The van der Waals surface area contributed by atoms with Crippen molar-refractivity contribution in [3.63, 3.8) is 0 Å². The highest BCUT2D eigenvalue weighted by Gasteiger charge is 2.33. The zero-order valence-electron chi connectivity index (χ0n) is 19.0. The predicted octanol–water partition coefficient (Wildman–Crippen LogP) is 4.71. The van der Waals surface area contributed by atoms with Crippen molar-refractivity contribution >= 4 is 35.0 Å². The van der Waals surface area contributed by atoms with E-state index in [1.807, 2.05) is 54.6 Å². The minimum atomic E-state index is -0.630. The van der Waals surface area contributed by atoms with Crippen molar-refractivity contribution in [2.75, 3.05) is 6.61 Å². The van der Waals surface area contributed by atoms with E-state index in [4.69, 9.17) is 20.8 Å². The summed E-state index contributed by atoms with van der Waals surface area (Å²) in [7, 11) is 0. The number of esters is 1. The van der Waals surface area contributed by atoms with Gasteiger partial charge in [0, 0.05) is 16.7 Å². The maximum atomic E-state index is 13.6. The normalized spacial score (nSPS) is 15.6. The van der Waals surface area contributed by atoms with Crippen molar-refractivity contribution in [1.29, 1.82) is 0 Å². The summed E-state index contributed by atoms with van der Waals surface area (Å²) in [4.78, 5) is 31.6. The van der Waals surface area contributed by atoms with Crippen molar-refractivity contribution in [2.45, 2.75) is 19.9 Å². The van der Waals surface area contributed by atoms with Gasteiger partial charge in [0.25, 0.3) is 5.56 Å². The van der Waals surface area contributed by atoms with Crippen molar-refractivity contribution in [3.05, 3.63) is 114 Å². The smallest absolute Gasteiger partial charge is 0.338 e. The Morgan fingerprint density at radius 2 is 1.89 bits per heavy atom. The van der Waals surface area contributed by atoms with Crippen LogP contribution in [0.1, 0.15) is 31.2 Å². The average molecular weight is 505 g/mol. The topological polar surface area (TPSA) is 73.8 Å². The van der Waals surface area contributed by atoms with Gasteiger partial charge in [0.2, 0.25) is 0 Å². The molecule has 6 nitrogen and oxygen atoms in total. The maximum absolute atomic E-state index is 13.6. The van der Waals surface area contributed by atoms with Crippen LogP contribution in [0.4, 0.5) is 0 Å². The number of rotatable bonds is 5. The molecule has 0 amide bonds. The number of hydrogen-bond donors (Lipinski definition) is 0. The fraction of sp³-hybridized carbons (Fsp3) is 0.148. The summed E-state index contributed by atoms with van der Waals surface area (Å²) in [6.45, 7) is 3.75. The van der Waals surface area contributed by atoms with Crippen LogP contribution in [0, 0.1) is 0 Å². The molecular weight excluding hydrogens is 484 g/mol. The largest absolute Gasteiger partial charge is 0.463 e. The molecule has 0 unspecified atom stereocenters. The van der Waals surface area contributed by atoms with Crippen LogP contribution < -0.4 is 14.9 Å². The Morgan fingerprint density at radius 3 is 2.60 bits per heavy atom. The molecule has 0 aliphatic carbocycles. The first-order valence-electron chi connectivity index (χ1n) is 11.1. The van der Waals surface area contributed by atoms with Crippen molar-refractivity contribution in [1.82, 2.24) is 4.57 Å². The van der Waals surface area contributed by atoms with E-state index < -0.39 is 12.0 Å². The molecule has 0 fully saturated rings. The van der Waals surface area contributed by atoms with Gasteiger partial charge in [0.1, 0.15) is 11.5 Å². The number of aromatic nitrogens is 1. The van der Waals surface area contributed by atoms with E-state index in [1.54, 1.807) is 36.6 Å². The molecule has 35 heavy (non-hydrogen) atoms. The lowest BCUT2D eigenvalue weighted by Gasteiger charge is -2.24. The average Bonchev–Trinajstić information content (AvgIpc) is 3.44. The standard InChI is InChI=1S/C27H21ClN2O4S/c1-3-33-26(32)23-16(2)29-27-30(24(23)18-7-5-4-6-8-18)25(31)22(35-27)15-20-13-14-21(34-20)17-9-11-19(28)12-10-17/h4-15,24H,3H2,1-2H3/b22-15-/t24-/m1/s1. The Labute approximate surface area is 210 Å². The van der Waals surface area contributed by atoms with Crippen LogP contribution in [0.25, 0.3) is 17.4 Å². The molecule has 2 aromatic heterocycles. The predicted molar refractivity (Wildman–Crippen MR) is 136 cm³/mol. The Kier molecular flexibility index (Phi) is 6.28. The molecule has 1 aliphatic heterocycles. The first-order valence-corrected chi connectivity index (χ1v) is 12.3. The molecule has 176 valence electrons. The van der Waals surface area contributed by atoms with Crippen molar-refractivity contribution < 1.29 is 13.9 Å². The second-order valence-corrected chi connectivity index (χ2v) is 9.37. The number of halogens is 1. The zero-order valence-corrected chi connectivity index (χ0v) is 20.6. The monoisotopic (exact) mass is 504 g/mol. The van der Waals surface area contributed by atoms with Gasteiger partial charge in [-0.15, -0.1) is 0 Å². The molecule has 0 spiro atoms. The summed E-state index contributed by atoms with van der Waals surface area (Å²) >= 11 is 7.24. The minimum absolute atomic E-state index is 0.232. The summed E-state index contributed by atoms with van der Waals surface area (Å²) in [5.41, 5.74) is 2.34. The van der Waals surface area contributed by atoms with E-state index in [1.165, 1.54) is 11.3 Å². The molecule has 0 saturated carbocycles. The zero-order chi connectivity index (χ0) is 24.5. The SMILES string of the molecule is CCOC(=O)C1=C(C)N=c2s/c(=C\c3ccc(-c4ccc(Cl)cc4)o3)c(=O)n2[C@@H]1c1ccccc1.